The van der Waals surface area contributed by atoms with Crippen LogP contribution in [0.4, 0.5) is 0 Å². The molecule has 0 aliphatic carbocycles. The van der Waals surface area contributed by atoms with E-state index in [1.807, 2.05) is 35.9 Å². The molecule has 1 atom stereocenters. The van der Waals surface area contributed by atoms with Crippen LogP contribution >= 0.6 is 0 Å². The summed E-state index contributed by atoms with van der Waals surface area (Å²) in [6, 6.07) is 12.2. The van der Waals surface area contributed by atoms with E-state index in [4.69, 9.17) is 4.74 Å². The van der Waals surface area contributed by atoms with E-state index in [1.54, 1.807) is 0 Å². The summed E-state index contributed by atoms with van der Waals surface area (Å²) in [6.45, 7) is 8.13. The summed E-state index contributed by atoms with van der Waals surface area (Å²) >= 11 is 0. The fourth-order valence-electron chi connectivity index (χ4n) is 3.10. The van der Waals surface area contributed by atoms with Gasteiger partial charge < -0.3 is 4.74 Å². The Morgan fingerprint density at radius 1 is 1.35 bits per heavy atom. The maximum Gasteiger partial charge on any atom is 0.0995 e. The number of benzene rings is 1. The van der Waals surface area contributed by atoms with E-state index in [2.05, 4.69) is 29.1 Å². The molecule has 1 aliphatic rings. The summed E-state index contributed by atoms with van der Waals surface area (Å²) in [5.41, 5.74) is 4.05. The van der Waals surface area contributed by atoms with E-state index in [9.17, 15) is 5.26 Å². The van der Waals surface area contributed by atoms with Crippen LogP contribution in [0.3, 0.4) is 0 Å². The Labute approximate surface area is 137 Å². The highest BCUT2D eigenvalue weighted by atomic mass is 16.5. The zero-order valence-corrected chi connectivity index (χ0v) is 13.7. The number of nitriles is 1. The second-order valence-electron chi connectivity index (χ2n) is 6.11. The van der Waals surface area contributed by atoms with Crippen LogP contribution in [0.25, 0.3) is 0 Å². The van der Waals surface area contributed by atoms with Gasteiger partial charge in [0, 0.05) is 25.3 Å². The molecule has 1 saturated heterocycles. The molecule has 120 valence electrons. The molecule has 1 aliphatic heterocycles. The summed E-state index contributed by atoms with van der Waals surface area (Å²) in [6.07, 6.45) is 0.135. The first-order chi connectivity index (χ1) is 11.2. The van der Waals surface area contributed by atoms with Gasteiger partial charge in [-0.05, 0) is 31.5 Å². The summed E-state index contributed by atoms with van der Waals surface area (Å²) in [5, 5.41) is 13.7. The Bertz CT molecular complexity index is 716. The molecule has 2 aromatic rings. The van der Waals surface area contributed by atoms with Crippen molar-refractivity contribution in [2.24, 2.45) is 0 Å². The fourth-order valence-corrected chi connectivity index (χ4v) is 3.10. The molecule has 23 heavy (non-hydrogen) atoms. The van der Waals surface area contributed by atoms with Crippen LogP contribution in [0, 0.1) is 25.2 Å². The van der Waals surface area contributed by atoms with E-state index in [0.29, 0.717) is 0 Å². The third-order valence-electron chi connectivity index (χ3n) is 4.23. The molecular weight excluding hydrogens is 288 g/mol. The van der Waals surface area contributed by atoms with Crippen LogP contribution < -0.4 is 0 Å². The SMILES string of the molecule is Cc1cc(C)n(CC2CN(Cc3ccccc3C#N)CCO2)n1. The maximum absolute atomic E-state index is 9.22. The minimum absolute atomic E-state index is 0.135. The number of ether oxygens (including phenoxy) is 1. The van der Waals surface area contributed by atoms with Gasteiger partial charge in [-0.2, -0.15) is 10.4 Å². The van der Waals surface area contributed by atoms with Gasteiger partial charge in [-0.15, -0.1) is 0 Å². The largest absolute Gasteiger partial charge is 0.374 e. The molecule has 1 unspecified atom stereocenters. The summed E-state index contributed by atoms with van der Waals surface area (Å²) in [4.78, 5) is 2.36. The average molecular weight is 310 g/mol. The summed E-state index contributed by atoms with van der Waals surface area (Å²) in [5.74, 6) is 0. The molecule has 2 heterocycles. The third-order valence-corrected chi connectivity index (χ3v) is 4.23. The molecule has 1 fully saturated rings. The lowest BCUT2D eigenvalue weighted by atomic mass is 10.1. The predicted octanol–water partition coefficient (Wildman–Crippen LogP) is 2.27. The molecule has 5 heteroatoms. The highest BCUT2D eigenvalue weighted by molar-refractivity contribution is 5.37. The Morgan fingerprint density at radius 3 is 2.91 bits per heavy atom. The first kappa shape index (κ1) is 15.7. The zero-order chi connectivity index (χ0) is 16.2. The van der Waals surface area contributed by atoms with Crippen molar-refractivity contribution < 1.29 is 4.74 Å². The van der Waals surface area contributed by atoms with E-state index in [-0.39, 0.29) is 6.10 Å². The van der Waals surface area contributed by atoms with Gasteiger partial charge in [-0.25, -0.2) is 0 Å². The molecule has 0 saturated carbocycles. The van der Waals surface area contributed by atoms with Crippen molar-refractivity contribution in [3.63, 3.8) is 0 Å². The van der Waals surface area contributed by atoms with Crippen molar-refractivity contribution in [2.45, 2.75) is 33.0 Å². The summed E-state index contributed by atoms with van der Waals surface area (Å²) < 4.78 is 7.92. The molecule has 3 rings (SSSR count). The molecule has 0 N–H and O–H groups in total. The molecule has 0 bridgehead atoms. The molecule has 1 aromatic heterocycles. The van der Waals surface area contributed by atoms with Crippen molar-refractivity contribution >= 4 is 0 Å². The monoisotopic (exact) mass is 310 g/mol. The van der Waals surface area contributed by atoms with Crippen molar-refractivity contribution in [3.8, 4) is 6.07 Å². The van der Waals surface area contributed by atoms with E-state index in [1.165, 1.54) is 0 Å². The number of nitrogens with zero attached hydrogens (tertiary/aromatic N) is 4. The average Bonchev–Trinajstić information content (AvgIpc) is 2.86. The van der Waals surface area contributed by atoms with Gasteiger partial charge in [0.1, 0.15) is 0 Å². The van der Waals surface area contributed by atoms with Gasteiger partial charge in [0.15, 0.2) is 0 Å². The van der Waals surface area contributed by atoms with Crippen molar-refractivity contribution in [2.75, 3.05) is 19.7 Å². The van der Waals surface area contributed by atoms with Gasteiger partial charge in [0.25, 0.3) is 0 Å². The number of aromatic nitrogens is 2. The Kier molecular flexibility index (Phi) is 4.75. The standard InChI is InChI=1S/C18H22N4O/c1-14-9-15(2)22(20-14)13-18-12-21(7-8-23-18)11-17-6-4-3-5-16(17)10-19/h3-6,9,18H,7-8,11-13H2,1-2H3. The Balaban J connectivity index is 1.64. The van der Waals surface area contributed by atoms with Crippen LogP contribution in [0.15, 0.2) is 30.3 Å². The van der Waals surface area contributed by atoms with Crippen molar-refractivity contribution in [1.29, 1.82) is 5.26 Å². The molecule has 0 radical (unpaired) electrons. The lowest BCUT2D eigenvalue weighted by Gasteiger charge is -2.33. The number of rotatable bonds is 4. The Hall–Kier alpha value is -2.16. The van der Waals surface area contributed by atoms with E-state index < -0.39 is 0 Å². The fraction of sp³-hybridized carbons (Fsp3) is 0.444. The summed E-state index contributed by atoms with van der Waals surface area (Å²) in [7, 11) is 0. The highest BCUT2D eigenvalue weighted by Gasteiger charge is 2.22. The normalized spacial score (nSPS) is 18.7. The first-order valence-corrected chi connectivity index (χ1v) is 7.98. The topological polar surface area (TPSA) is 54.1 Å². The minimum atomic E-state index is 0.135. The van der Waals surface area contributed by atoms with Crippen LogP contribution in [-0.4, -0.2) is 40.5 Å². The second-order valence-corrected chi connectivity index (χ2v) is 6.11. The van der Waals surface area contributed by atoms with Crippen LogP contribution in [-0.2, 0) is 17.8 Å². The molecular formula is C18H22N4O. The lowest BCUT2D eigenvalue weighted by molar-refractivity contribution is -0.0405. The van der Waals surface area contributed by atoms with Gasteiger partial charge in [0.05, 0.1) is 36.6 Å². The van der Waals surface area contributed by atoms with Crippen molar-refractivity contribution in [3.05, 3.63) is 52.8 Å². The molecule has 5 nitrogen and oxygen atoms in total. The molecule has 0 spiro atoms. The maximum atomic E-state index is 9.22. The lowest BCUT2D eigenvalue weighted by Crippen LogP contribution is -2.44. The molecule has 0 amide bonds. The van der Waals surface area contributed by atoms with Crippen LogP contribution in [0.5, 0.6) is 0 Å². The number of morpholine rings is 1. The third kappa shape index (κ3) is 3.79. The van der Waals surface area contributed by atoms with Crippen molar-refractivity contribution in [1.82, 2.24) is 14.7 Å². The van der Waals surface area contributed by atoms with Gasteiger partial charge >= 0.3 is 0 Å². The first-order valence-electron chi connectivity index (χ1n) is 7.98. The second kappa shape index (κ2) is 6.95. The smallest absolute Gasteiger partial charge is 0.0995 e. The zero-order valence-electron chi connectivity index (χ0n) is 13.7. The predicted molar refractivity (Wildman–Crippen MR) is 87.9 cm³/mol. The number of hydrogen-bond donors (Lipinski definition) is 0. The van der Waals surface area contributed by atoms with Gasteiger partial charge in [0.2, 0.25) is 0 Å². The van der Waals surface area contributed by atoms with Gasteiger partial charge in [-0.3, -0.25) is 9.58 Å². The van der Waals surface area contributed by atoms with Gasteiger partial charge in [-0.1, -0.05) is 18.2 Å². The Morgan fingerprint density at radius 2 is 2.17 bits per heavy atom. The minimum Gasteiger partial charge on any atom is -0.374 e. The quantitative estimate of drug-likeness (QED) is 0.869. The van der Waals surface area contributed by atoms with Crippen LogP contribution in [0.2, 0.25) is 0 Å². The highest BCUT2D eigenvalue weighted by Crippen LogP contribution is 2.15. The van der Waals surface area contributed by atoms with E-state index >= 15 is 0 Å². The molecule has 1 aromatic carbocycles. The van der Waals surface area contributed by atoms with E-state index in [0.717, 1.165) is 55.3 Å². The number of hydrogen-bond acceptors (Lipinski definition) is 4. The number of aryl methyl sites for hydroxylation is 2. The van der Waals surface area contributed by atoms with Crippen LogP contribution in [0.1, 0.15) is 22.5 Å².